The van der Waals surface area contributed by atoms with E-state index < -0.39 is 11.2 Å². The SMILES string of the molecule is CC(C)Cn1c(NN=C/C(Br)=C\c2ccccc2)nc2c1c(=O)[nH]c(=O)n2C. The first-order valence-electron chi connectivity index (χ1n) is 8.77. The van der Waals surface area contributed by atoms with E-state index in [0.717, 1.165) is 10.0 Å². The van der Waals surface area contributed by atoms with Crippen LogP contribution in [0.25, 0.3) is 17.2 Å². The molecule has 8 nitrogen and oxygen atoms in total. The predicted molar refractivity (Wildman–Crippen MR) is 116 cm³/mol. The Morgan fingerprint density at radius 1 is 1.32 bits per heavy atom. The minimum absolute atomic E-state index is 0.267. The first-order chi connectivity index (χ1) is 13.4. The first kappa shape index (κ1) is 19.8. The van der Waals surface area contributed by atoms with Crippen LogP contribution in [0.4, 0.5) is 5.95 Å². The minimum atomic E-state index is -0.504. The van der Waals surface area contributed by atoms with Crippen molar-refractivity contribution in [3.8, 4) is 0 Å². The molecule has 2 N–H and O–H groups in total. The van der Waals surface area contributed by atoms with Crippen molar-refractivity contribution in [3.63, 3.8) is 0 Å². The van der Waals surface area contributed by atoms with Crippen LogP contribution in [0.3, 0.4) is 0 Å². The summed E-state index contributed by atoms with van der Waals surface area (Å²) in [5.74, 6) is 0.662. The number of nitrogens with one attached hydrogen (secondary N) is 2. The Morgan fingerprint density at radius 2 is 2.04 bits per heavy atom. The highest BCUT2D eigenvalue weighted by Gasteiger charge is 2.17. The zero-order chi connectivity index (χ0) is 20.3. The molecule has 28 heavy (non-hydrogen) atoms. The van der Waals surface area contributed by atoms with E-state index in [1.54, 1.807) is 17.8 Å². The maximum absolute atomic E-state index is 12.3. The molecule has 9 heteroatoms. The van der Waals surface area contributed by atoms with Crippen LogP contribution in [-0.2, 0) is 13.6 Å². The van der Waals surface area contributed by atoms with Crippen molar-refractivity contribution in [2.45, 2.75) is 20.4 Å². The Bertz CT molecular complexity index is 1150. The Hall–Kier alpha value is -2.94. The molecule has 3 rings (SSSR count). The summed E-state index contributed by atoms with van der Waals surface area (Å²) in [5, 5.41) is 4.21. The van der Waals surface area contributed by atoms with Gasteiger partial charge in [0.05, 0.1) is 6.21 Å². The van der Waals surface area contributed by atoms with Crippen LogP contribution in [0.15, 0.2) is 49.5 Å². The number of aromatic nitrogens is 4. The number of halogens is 1. The van der Waals surface area contributed by atoms with Crippen molar-refractivity contribution in [2.75, 3.05) is 5.43 Å². The van der Waals surface area contributed by atoms with Gasteiger partial charge in [0.15, 0.2) is 11.2 Å². The van der Waals surface area contributed by atoms with Gasteiger partial charge in [0, 0.05) is 18.1 Å². The second-order valence-corrected chi connectivity index (χ2v) is 7.66. The molecule has 2 aromatic heterocycles. The highest BCUT2D eigenvalue weighted by molar-refractivity contribution is 9.12. The molecular formula is C19H21BrN6O2. The van der Waals surface area contributed by atoms with Crippen LogP contribution in [0.5, 0.6) is 0 Å². The smallest absolute Gasteiger partial charge is 0.303 e. The number of hydrazone groups is 1. The summed E-state index contributed by atoms with van der Waals surface area (Å²) in [6.45, 7) is 4.62. The molecule has 0 aliphatic carbocycles. The van der Waals surface area contributed by atoms with Gasteiger partial charge in [-0.25, -0.2) is 10.2 Å². The van der Waals surface area contributed by atoms with Gasteiger partial charge >= 0.3 is 5.69 Å². The molecule has 0 bridgehead atoms. The lowest BCUT2D eigenvalue weighted by Gasteiger charge is -2.10. The Balaban J connectivity index is 1.95. The quantitative estimate of drug-likeness (QED) is 0.451. The number of aryl methyl sites for hydroxylation is 1. The van der Waals surface area contributed by atoms with Gasteiger partial charge in [0.1, 0.15) is 0 Å². The first-order valence-corrected chi connectivity index (χ1v) is 9.57. The molecule has 146 valence electrons. The number of H-pyrrole nitrogens is 1. The van der Waals surface area contributed by atoms with E-state index in [9.17, 15) is 9.59 Å². The van der Waals surface area contributed by atoms with Crippen molar-refractivity contribution in [3.05, 3.63) is 61.2 Å². The van der Waals surface area contributed by atoms with Crippen molar-refractivity contribution in [2.24, 2.45) is 18.1 Å². The van der Waals surface area contributed by atoms with Crippen molar-refractivity contribution in [1.29, 1.82) is 0 Å². The number of aromatic amines is 1. The fraction of sp³-hybridized carbons (Fsp3) is 0.263. The number of rotatable bonds is 6. The molecule has 0 saturated carbocycles. The van der Waals surface area contributed by atoms with Crippen molar-refractivity contribution in [1.82, 2.24) is 19.1 Å². The zero-order valence-electron chi connectivity index (χ0n) is 15.8. The Morgan fingerprint density at radius 3 is 2.71 bits per heavy atom. The number of hydrogen-bond donors (Lipinski definition) is 2. The molecule has 0 fully saturated rings. The van der Waals surface area contributed by atoms with Gasteiger partial charge in [0.25, 0.3) is 5.56 Å². The van der Waals surface area contributed by atoms with Crippen LogP contribution in [0.1, 0.15) is 19.4 Å². The largest absolute Gasteiger partial charge is 0.329 e. The van der Waals surface area contributed by atoms with E-state index >= 15 is 0 Å². The topological polar surface area (TPSA) is 97.1 Å². The van der Waals surface area contributed by atoms with Crippen LogP contribution in [-0.4, -0.2) is 25.3 Å². The van der Waals surface area contributed by atoms with E-state index in [4.69, 9.17) is 0 Å². The highest BCUT2D eigenvalue weighted by Crippen LogP contribution is 2.17. The van der Waals surface area contributed by atoms with Gasteiger partial charge in [-0.15, -0.1) is 0 Å². The van der Waals surface area contributed by atoms with Crippen LogP contribution in [0.2, 0.25) is 0 Å². The second-order valence-electron chi connectivity index (χ2n) is 6.74. The van der Waals surface area contributed by atoms with Crippen molar-refractivity contribution < 1.29 is 0 Å². The molecular weight excluding hydrogens is 424 g/mol. The van der Waals surface area contributed by atoms with Gasteiger partial charge in [-0.1, -0.05) is 44.2 Å². The van der Waals surface area contributed by atoms with E-state index in [0.29, 0.717) is 23.7 Å². The van der Waals surface area contributed by atoms with Gasteiger partial charge in [-0.05, 0) is 33.5 Å². The molecule has 0 spiro atoms. The summed E-state index contributed by atoms with van der Waals surface area (Å²) in [4.78, 5) is 30.9. The summed E-state index contributed by atoms with van der Waals surface area (Å²) < 4.78 is 3.82. The molecule has 0 saturated heterocycles. The number of anilines is 1. The number of benzene rings is 1. The lowest BCUT2D eigenvalue weighted by atomic mass is 10.2. The molecule has 0 aliphatic rings. The fourth-order valence-corrected chi connectivity index (χ4v) is 3.13. The molecule has 0 unspecified atom stereocenters. The number of fused-ring (bicyclic) bond motifs is 1. The minimum Gasteiger partial charge on any atom is -0.303 e. The Labute approximate surface area is 169 Å². The summed E-state index contributed by atoms with van der Waals surface area (Å²) >= 11 is 3.46. The molecule has 0 aliphatic heterocycles. The van der Waals surface area contributed by atoms with Gasteiger partial charge < -0.3 is 4.57 Å². The standard InChI is InChI=1S/C19H21BrN6O2/c1-12(2)11-26-15-16(25(3)19(28)23-17(15)27)22-18(26)24-21-10-14(20)9-13-7-5-4-6-8-13/h4-10,12H,11H2,1-3H3,(H,22,24)(H,23,27,28)/b14-9+,21-10?. The van der Waals surface area contributed by atoms with Crippen LogP contribution < -0.4 is 16.7 Å². The van der Waals surface area contributed by atoms with E-state index in [1.807, 2.05) is 50.3 Å². The van der Waals surface area contributed by atoms with E-state index in [1.165, 1.54) is 4.57 Å². The maximum atomic E-state index is 12.3. The summed E-state index contributed by atoms with van der Waals surface area (Å²) in [6.07, 6.45) is 3.53. The second kappa shape index (κ2) is 8.39. The third-order valence-electron chi connectivity index (χ3n) is 4.01. The summed E-state index contributed by atoms with van der Waals surface area (Å²) in [6, 6.07) is 9.83. The van der Waals surface area contributed by atoms with Gasteiger partial charge in [0.2, 0.25) is 5.95 Å². The molecule has 2 heterocycles. The monoisotopic (exact) mass is 444 g/mol. The molecule has 1 aromatic carbocycles. The van der Waals surface area contributed by atoms with E-state index in [2.05, 4.69) is 36.4 Å². The van der Waals surface area contributed by atoms with Crippen LogP contribution in [0, 0.1) is 5.92 Å². The van der Waals surface area contributed by atoms with E-state index in [-0.39, 0.29) is 5.92 Å². The third kappa shape index (κ3) is 4.30. The summed E-state index contributed by atoms with van der Waals surface area (Å²) in [5.41, 5.74) is 3.60. The number of nitrogens with zero attached hydrogens (tertiary/aromatic N) is 4. The molecule has 0 atom stereocenters. The number of imidazole rings is 1. The predicted octanol–water partition coefficient (Wildman–Crippen LogP) is 2.91. The average Bonchev–Trinajstić information content (AvgIpc) is 2.99. The number of allylic oxidation sites excluding steroid dienone is 1. The number of hydrogen-bond acceptors (Lipinski definition) is 5. The normalized spacial score (nSPS) is 12.4. The Kier molecular flexibility index (Phi) is 5.93. The lowest BCUT2D eigenvalue weighted by molar-refractivity contribution is 0.535. The zero-order valence-corrected chi connectivity index (χ0v) is 17.4. The van der Waals surface area contributed by atoms with Crippen molar-refractivity contribution >= 4 is 45.3 Å². The average molecular weight is 445 g/mol. The molecule has 0 amide bonds. The fourth-order valence-electron chi connectivity index (χ4n) is 2.76. The lowest BCUT2D eigenvalue weighted by Crippen LogP contribution is -2.29. The third-order valence-corrected chi connectivity index (χ3v) is 4.45. The molecule has 3 aromatic rings. The van der Waals surface area contributed by atoms with Crippen LogP contribution >= 0.6 is 15.9 Å². The van der Waals surface area contributed by atoms with Gasteiger partial charge in [-0.3, -0.25) is 14.3 Å². The summed E-state index contributed by atoms with van der Waals surface area (Å²) in [7, 11) is 1.57. The van der Waals surface area contributed by atoms with Gasteiger partial charge in [-0.2, -0.15) is 10.1 Å². The maximum Gasteiger partial charge on any atom is 0.329 e. The molecule has 0 radical (unpaired) electrons. The highest BCUT2D eigenvalue weighted by atomic mass is 79.9.